The quantitative estimate of drug-likeness (QED) is 0.559. The van der Waals surface area contributed by atoms with Crippen LogP contribution in [0.3, 0.4) is 0 Å². The lowest BCUT2D eigenvalue weighted by molar-refractivity contribution is -0.121. The molecule has 1 aliphatic heterocycles. The van der Waals surface area contributed by atoms with Crippen LogP contribution in [0, 0.1) is 6.92 Å². The van der Waals surface area contributed by atoms with E-state index >= 15 is 0 Å². The summed E-state index contributed by atoms with van der Waals surface area (Å²) in [4.78, 5) is 11.0. The average Bonchev–Trinajstić information content (AvgIpc) is 2.12. The van der Waals surface area contributed by atoms with Gasteiger partial charge < -0.3 is 0 Å². The first-order valence-electron chi connectivity index (χ1n) is 4.27. The minimum absolute atomic E-state index is 0.256. The van der Waals surface area contributed by atoms with E-state index in [1.165, 1.54) is 0 Å². The Morgan fingerprint density at radius 2 is 2.15 bits per heavy atom. The summed E-state index contributed by atoms with van der Waals surface area (Å²) in [6.45, 7) is 1.88. The van der Waals surface area contributed by atoms with Gasteiger partial charge >= 0.3 is 0 Å². The Balaban J connectivity index is 2.51. The van der Waals surface area contributed by atoms with Crippen LogP contribution in [0.2, 0.25) is 0 Å². The van der Waals surface area contributed by atoms with E-state index < -0.39 is 5.91 Å². The number of aryl methyl sites for hydroxylation is 2. The number of amides is 1. The van der Waals surface area contributed by atoms with Crippen molar-refractivity contribution in [2.45, 2.75) is 19.8 Å². The SMILES string of the molecule is Cc1ccc2c(c1)N(F)C(=O)CC2. The van der Waals surface area contributed by atoms with Crippen molar-refractivity contribution in [3.63, 3.8) is 0 Å². The predicted octanol–water partition coefficient (Wildman–Crippen LogP) is 2.16. The summed E-state index contributed by atoms with van der Waals surface area (Å²) < 4.78 is 13.2. The highest BCUT2D eigenvalue weighted by Gasteiger charge is 2.23. The lowest BCUT2D eigenvalue weighted by atomic mass is 10.0. The number of carbonyl (C=O) groups is 1. The number of carbonyl (C=O) groups excluding carboxylic acids is 1. The smallest absolute Gasteiger partial charge is 0.255 e. The topological polar surface area (TPSA) is 20.3 Å². The van der Waals surface area contributed by atoms with Gasteiger partial charge in [-0.1, -0.05) is 16.6 Å². The Morgan fingerprint density at radius 3 is 2.92 bits per heavy atom. The van der Waals surface area contributed by atoms with Gasteiger partial charge in [-0.2, -0.15) is 0 Å². The first-order valence-corrected chi connectivity index (χ1v) is 4.27. The maximum Gasteiger partial charge on any atom is 0.255 e. The summed E-state index contributed by atoms with van der Waals surface area (Å²) in [5.41, 5.74) is 2.29. The van der Waals surface area contributed by atoms with Crippen molar-refractivity contribution in [2.24, 2.45) is 0 Å². The van der Waals surface area contributed by atoms with Crippen LogP contribution in [0.4, 0.5) is 10.2 Å². The van der Waals surface area contributed by atoms with Crippen molar-refractivity contribution >= 4 is 11.6 Å². The zero-order valence-electron chi connectivity index (χ0n) is 7.38. The van der Waals surface area contributed by atoms with Gasteiger partial charge in [-0.05, 0) is 30.5 Å². The number of anilines is 1. The molecule has 0 spiro atoms. The fourth-order valence-corrected chi connectivity index (χ4v) is 1.54. The zero-order chi connectivity index (χ0) is 9.42. The standard InChI is InChI=1S/C10H10FNO/c1-7-2-3-8-4-5-10(13)12(11)9(8)6-7/h2-3,6H,4-5H2,1H3. The molecule has 1 aromatic rings. The first kappa shape index (κ1) is 8.23. The van der Waals surface area contributed by atoms with Gasteiger partial charge in [0.25, 0.3) is 5.91 Å². The van der Waals surface area contributed by atoms with Crippen molar-refractivity contribution in [1.29, 1.82) is 0 Å². The molecule has 1 aliphatic rings. The normalized spacial score (nSPS) is 15.8. The van der Waals surface area contributed by atoms with E-state index in [0.717, 1.165) is 11.1 Å². The number of rotatable bonds is 0. The number of hydrogen-bond donors (Lipinski definition) is 0. The van der Waals surface area contributed by atoms with Crippen LogP contribution in [0.15, 0.2) is 18.2 Å². The van der Waals surface area contributed by atoms with Gasteiger partial charge in [-0.3, -0.25) is 4.79 Å². The molecule has 0 N–H and O–H groups in total. The molecule has 1 heterocycles. The van der Waals surface area contributed by atoms with Gasteiger partial charge in [0, 0.05) is 6.42 Å². The molecule has 3 heteroatoms. The molecule has 13 heavy (non-hydrogen) atoms. The van der Waals surface area contributed by atoms with Crippen LogP contribution in [-0.2, 0) is 11.2 Å². The molecule has 2 nitrogen and oxygen atoms in total. The third-order valence-corrected chi connectivity index (χ3v) is 2.28. The van der Waals surface area contributed by atoms with Gasteiger partial charge in [0.05, 0.1) is 5.69 Å². The molecule has 1 aromatic carbocycles. The Kier molecular flexibility index (Phi) is 1.79. The second-order valence-corrected chi connectivity index (χ2v) is 3.31. The number of halogens is 1. The fraction of sp³-hybridized carbons (Fsp3) is 0.300. The van der Waals surface area contributed by atoms with E-state index in [1.54, 1.807) is 6.07 Å². The average molecular weight is 179 g/mol. The summed E-state index contributed by atoms with van der Waals surface area (Å²) in [7, 11) is 0. The van der Waals surface area contributed by atoms with Gasteiger partial charge in [0.15, 0.2) is 0 Å². The minimum Gasteiger partial charge on any atom is -0.272 e. The van der Waals surface area contributed by atoms with Gasteiger partial charge in [-0.15, -0.1) is 5.12 Å². The minimum atomic E-state index is -0.446. The van der Waals surface area contributed by atoms with Gasteiger partial charge in [0.2, 0.25) is 0 Å². The largest absolute Gasteiger partial charge is 0.272 e. The molecule has 0 atom stereocenters. The molecule has 68 valence electrons. The number of hydrogen-bond acceptors (Lipinski definition) is 1. The van der Waals surface area contributed by atoms with E-state index in [0.29, 0.717) is 12.1 Å². The van der Waals surface area contributed by atoms with Crippen molar-refractivity contribution in [3.05, 3.63) is 29.3 Å². The van der Waals surface area contributed by atoms with E-state index in [2.05, 4.69) is 0 Å². The summed E-state index contributed by atoms with van der Waals surface area (Å²) in [5.74, 6) is -0.446. The third-order valence-electron chi connectivity index (χ3n) is 2.28. The summed E-state index contributed by atoms with van der Waals surface area (Å²) in [6, 6.07) is 5.51. The maximum absolute atomic E-state index is 13.2. The Hall–Kier alpha value is -1.38. The molecule has 1 amide bonds. The highest BCUT2D eigenvalue weighted by atomic mass is 19.2. The molecule has 0 unspecified atom stereocenters. The van der Waals surface area contributed by atoms with Crippen LogP contribution < -0.4 is 5.12 Å². The van der Waals surface area contributed by atoms with Crippen LogP contribution >= 0.6 is 0 Å². The van der Waals surface area contributed by atoms with Crippen molar-refractivity contribution in [3.8, 4) is 0 Å². The van der Waals surface area contributed by atoms with Crippen LogP contribution in [-0.4, -0.2) is 5.91 Å². The van der Waals surface area contributed by atoms with Gasteiger partial charge in [-0.25, -0.2) is 0 Å². The third kappa shape index (κ3) is 1.30. The Labute approximate surface area is 75.9 Å². The van der Waals surface area contributed by atoms with Crippen molar-refractivity contribution < 1.29 is 9.28 Å². The number of fused-ring (bicyclic) bond motifs is 1. The maximum atomic E-state index is 13.2. The molecular formula is C10H10FNO. The fourth-order valence-electron chi connectivity index (χ4n) is 1.54. The number of nitrogens with zero attached hydrogens (tertiary/aromatic N) is 1. The van der Waals surface area contributed by atoms with E-state index in [-0.39, 0.29) is 11.5 Å². The summed E-state index contributed by atoms with van der Waals surface area (Å²) in [5, 5.41) is 0.256. The van der Waals surface area contributed by atoms with Crippen LogP contribution in [0.1, 0.15) is 17.5 Å². The lowest BCUT2D eigenvalue weighted by Crippen LogP contribution is -2.27. The second-order valence-electron chi connectivity index (χ2n) is 3.31. The predicted molar refractivity (Wildman–Crippen MR) is 48.1 cm³/mol. The van der Waals surface area contributed by atoms with Crippen molar-refractivity contribution in [1.82, 2.24) is 0 Å². The summed E-state index contributed by atoms with van der Waals surface area (Å²) in [6.07, 6.45) is 0.918. The molecular weight excluding hydrogens is 169 g/mol. The second kappa shape index (κ2) is 2.83. The molecule has 0 saturated carbocycles. The molecule has 0 saturated heterocycles. The molecule has 2 rings (SSSR count). The van der Waals surface area contributed by atoms with Gasteiger partial charge in [0.1, 0.15) is 0 Å². The molecule has 0 aromatic heterocycles. The van der Waals surface area contributed by atoms with E-state index in [1.807, 2.05) is 19.1 Å². The molecule has 0 aliphatic carbocycles. The highest BCUT2D eigenvalue weighted by Crippen LogP contribution is 2.28. The first-order chi connectivity index (χ1) is 6.18. The molecule has 0 radical (unpaired) electrons. The number of benzene rings is 1. The highest BCUT2D eigenvalue weighted by molar-refractivity contribution is 5.94. The van der Waals surface area contributed by atoms with Crippen LogP contribution in [0.25, 0.3) is 0 Å². The lowest BCUT2D eigenvalue weighted by Gasteiger charge is -2.21. The Morgan fingerprint density at radius 1 is 1.38 bits per heavy atom. The van der Waals surface area contributed by atoms with Crippen molar-refractivity contribution in [2.75, 3.05) is 5.12 Å². The molecule has 0 bridgehead atoms. The summed E-state index contributed by atoms with van der Waals surface area (Å²) >= 11 is 0. The Bertz CT molecular complexity index is 362. The molecule has 0 fully saturated rings. The zero-order valence-corrected chi connectivity index (χ0v) is 7.38. The van der Waals surface area contributed by atoms with E-state index in [4.69, 9.17) is 0 Å². The van der Waals surface area contributed by atoms with E-state index in [9.17, 15) is 9.28 Å². The van der Waals surface area contributed by atoms with Crippen LogP contribution in [0.5, 0.6) is 0 Å². The monoisotopic (exact) mass is 179 g/mol.